The van der Waals surface area contributed by atoms with Crippen molar-refractivity contribution in [2.75, 3.05) is 6.61 Å². The molecule has 0 aliphatic rings. The Morgan fingerprint density at radius 2 is 2.29 bits per heavy atom. The van der Waals surface area contributed by atoms with Gasteiger partial charge in [-0.15, -0.1) is 0 Å². The SMILES string of the molecule is CC(C)CCCOc1cccc(C(N)=NO)n1. The van der Waals surface area contributed by atoms with Crippen molar-refractivity contribution < 1.29 is 9.94 Å². The summed E-state index contributed by atoms with van der Waals surface area (Å²) in [6.07, 6.45) is 2.12. The lowest BCUT2D eigenvalue weighted by molar-refractivity contribution is 0.287. The number of pyridine rings is 1. The van der Waals surface area contributed by atoms with Crippen LogP contribution in [0.3, 0.4) is 0 Å². The van der Waals surface area contributed by atoms with Crippen LogP contribution in [0.4, 0.5) is 0 Å². The third-order valence-corrected chi connectivity index (χ3v) is 2.27. The maximum absolute atomic E-state index is 8.54. The first-order valence-electron chi connectivity index (χ1n) is 5.71. The fourth-order valence-electron chi connectivity index (χ4n) is 1.36. The van der Waals surface area contributed by atoms with Crippen molar-refractivity contribution >= 4 is 5.84 Å². The highest BCUT2D eigenvalue weighted by molar-refractivity contribution is 5.95. The molecule has 1 aromatic rings. The van der Waals surface area contributed by atoms with Crippen LogP contribution in [0.1, 0.15) is 32.4 Å². The van der Waals surface area contributed by atoms with E-state index in [0.29, 0.717) is 24.1 Å². The van der Waals surface area contributed by atoms with E-state index in [1.807, 2.05) is 0 Å². The van der Waals surface area contributed by atoms with Gasteiger partial charge in [-0.2, -0.15) is 0 Å². The highest BCUT2D eigenvalue weighted by Gasteiger charge is 2.03. The molecule has 3 N–H and O–H groups in total. The highest BCUT2D eigenvalue weighted by Crippen LogP contribution is 2.09. The highest BCUT2D eigenvalue weighted by atomic mass is 16.5. The summed E-state index contributed by atoms with van der Waals surface area (Å²) in [5, 5.41) is 11.4. The lowest BCUT2D eigenvalue weighted by atomic mass is 10.1. The van der Waals surface area contributed by atoms with E-state index in [-0.39, 0.29) is 5.84 Å². The summed E-state index contributed by atoms with van der Waals surface area (Å²) in [4.78, 5) is 4.12. The molecule has 0 aromatic carbocycles. The standard InChI is InChI=1S/C12H19N3O2/c1-9(2)5-4-8-17-11-7-3-6-10(14-11)12(13)15-16/h3,6-7,9,16H,4-5,8H2,1-2H3,(H2,13,15). The zero-order chi connectivity index (χ0) is 12.7. The lowest BCUT2D eigenvalue weighted by Gasteiger charge is -2.07. The Morgan fingerprint density at radius 1 is 1.53 bits per heavy atom. The number of ether oxygens (including phenoxy) is 1. The van der Waals surface area contributed by atoms with Crippen molar-refractivity contribution in [2.45, 2.75) is 26.7 Å². The lowest BCUT2D eigenvalue weighted by Crippen LogP contribution is -2.15. The van der Waals surface area contributed by atoms with E-state index in [1.54, 1.807) is 18.2 Å². The van der Waals surface area contributed by atoms with Crippen LogP contribution in [0.2, 0.25) is 0 Å². The van der Waals surface area contributed by atoms with Gasteiger partial charge in [-0.05, 0) is 24.8 Å². The molecule has 1 rings (SSSR count). The summed E-state index contributed by atoms with van der Waals surface area (Å²) < 4.78 is 5.49. The summed E-state index contributed by atoms with van der Waals surface area (Å²) in [6.45, 7) is 4.99. The van der Waals surface area contributed by atoms with Crippen LogP contribution in [-0.4, -0.2) is 22.6 Å². The topological polar surface area (TPSA) is 80.7 Å². The van der Waals surface area contributed by atoms with Crippen molar-refractivity contribution in [3.05, 3.63) is 23.9 Å². The van der Waals surface area contributed by atoms with Crippen molar-refractivity contribution in [3.8, 4) is 5.88 Å². The molecule has 0 fully saturated rings. The Bertz CT molecular complexity index is 378. The van der Waals surface area contributed by atoms with E-state index in [1.165, 1.54) is 0 Å². The summed E-state index contributed by atoms with van der Waals surface area (Å²) in [7, 11) is 0. The molecule has 0 saturated heterocycles. The van der Waals surface area contributed by atoms with Gasteiger partial charge < -0.3 is 15.7 Å². The first kappa shape index (κ1) is 13.3. The third-order valence-electron chi connectivity index (χ3n) is 2.27. The number of amidine groups is 1. The minimum Gasteiger partial charge on any atom is -0.478 e. The molecule has 5 heteroatoms. The van der Waals surface area contributed by atoms with Gasteiger partial charge in [-0.1, -0.05) is 25.1 Å². The van der Waals surface area contributed by atoms with Crippen LogP contribution in [0.5, 0.6) is 5.88 Å². The van der Waals surface area contributed by atoms with Crippen molar-refractivity contribution in [3.63, 3.8) is 0 Å². The summed E-state index contributed by atoms with van der Waals surface area (Å²) >= 11 is 0. The van der Waals surface area contributed by atoms with Gasteiger partial charge in [0.2, 0.25) is 5.88 Å². The summed E-state index contributed by atoms with van der Waals surface area (Å²) in [6, 6.07) is 5.18. The molecular weight excluding hydrogens is 218 g/mol. The van der Waals surface area contributed by atoms with Crippen molar-refractivity contribution in [1.82, 2.24) is 4.98 Å². The molecule has 0 unspecified atom stereocenters. The number of aromatic nitrogens is 1. The molecule has 94 valence electrons. The summed E-state index contributed by atoms with van der Waals surface area (Å²) in [5.41, 5.74) is 5.85. The van der Waals surface area contributed by atoms with Gasteiger partial charge in [0.1, 0.15) is 5.69 Å². The Labute approximate surface area is 101 Å². The van der Waals surface area contributed by atoms with Gasteiger partial charge in [-0.3, -0.25) is 0 Å². The predicted octanol–water partition coefficient (Wildman–Crippen LogP) is 1.99. The fraction of sp³-hybridized carbons (Fsp3) is 0.500. The molecular formula is C12H19N3O2. The second kappa shape index (κ2) is 6.73. The predicted molar refractivity (Wildman–Crippen MR) is 66.3 cm³/mol. The van der Waals surface area contributed by atoms with Gasteiger partial charge in [-0.25, -0.2) is 4.98 Å². The number of hydrogen-bond acceptors (Lipinski definition) is 4. The Kier molecular flexibility index (Phi) is 5.26. The number of rotatable bonds is 6. The second-order valence-electron chi connectivity index (χ2n) is 4.23. The van der Waals surface area contributed by atoms with Crippen molar-refractivity contribution in [1.29, 1.82) is 0 Å². The van der Waals surface area contributed by atoms with E-state index in [9.17, 15) is 0 Å². The van der Waals surface area contributed by atoms with E-state index in [4.69, 9.17) is 15.7 Å². The zero-order valence-electron chi connectivity index (χ0n) is 10.3. The molecule has 0 saturated carbocycles. The molecule has 5 nitrogen and oxygen atoms in total. The van der Waals surface area contributed by atoms with Gasteiger partial charge in [0, 0.05) is 6.07 Å². The molecule has 0 amide bonds. The number of nitrogens with two attached hydrogens (primary N) is 1. The second-order valence-corrected chi connectivity index (χ2v) is 4.23. The normalized spacial score (nSPS) is 11.8. The largest absolute Gasteiger partial charge is 0.478 e. The van der Waals surface area contributed by atoms with Gasteiger partial charge in [0.15, 0.2) is 5.84 Å². The zero-order valence-corrected chi connectivity index (χ0v) is 10.3. The quantitative estimate of drug-likeness (QED) is 0.261. The molecule has 0 atom stereocenters. The molecule has 0 bridgehead atoms. The summed E-state index contributed by atoms with van der Waals surface area (Å²) in [5.74, 6) is 1.16. The average Bonchev–Trinajstić information content (AvgIpc) is 2.34. The number of hydrogen-bond donors (Lipinski definition) is 2. The minimum atomic E-state index is -0.0161. The van der Waals surface area contributed by atoms with Crippen LogP contribution in [0.25, 0.3) is 0 Å². The van der Waals surface area contributed by atoms with Crippen LogP contribution >= 0.6 is 0 Å². The van der Waals surface area contributed by atoms with E-state index < -0.39 is 0 Å². The monoisotopic (exact) mass is 237 g/mol. The molecule has 17 heavy (non-hydrogen) atoms. The van der Waals surface area contributed by atoms with Crippen LogP contribution in [0.15, 0.2) is 23.4 Å². The molecule has 0 spiro atoms. The number of oxime groups is 1. The molecule has 0 aliphatic heterocycles. The van der Waals surface area contributed by atoms with Crippen LogP contribution in [-0.2, 0) is 0 Å². The van der Waals surface area contributed by atoms with Gasteiger partial charge in [0.25, 0.3) is 0 Å². The Morgan fingerprint density at radius 3 is 2.94 bits per heavy atom. The molecule has 1 heterocycles. The molecule has 0 aliphatic carbocycles. The Hall–Kier alpha value is -1.78. The maximum Gasteiger partial charge on any atom is 0.213 e. The number of nitrogens with zero attached hydrogens (tertiary/aromatic N) is 2. The van der Waals surface area contributed by atoms with Crippen LogP contribution < -0.4 is 10.5 Å². The third kappa shape index (κ3) is 4.72. The van der Waals surface area contributed by atoms with E-state index >= 15 is 0 Å². The molecule has 0 radical (unpaired) electrons. The smallest absolute Gasteiger partial charge is 0.213 e. The maximum atomic E-state index is 8.54. The van der Waals surface area contributed by atoms with Crippen molar-refractivity contribution in [2.24, 2.45) is 16.8 Å². The van der Waals surface area contributed by atoms with Crippen LogP contribution in [0, 0.1) is 5.92 Å². The Balaban J connectivity index is 2.49. The first-order chi connectivity index (χ1) is 8.13. The van der Waals surface area contributed by atoms with Gasteiger partial charge >= 0.3 is 0 Å². The van der Waals surface area contributed by atoms with E-state index in [2.05, 4.69) is 24.0 Å². The first-order valence-corrected chi connectivity index (χ1v) is 5.71. The molecule has 1 aromatic heterocycles. The van der Waals surface area contributed by atoms with Gasteiger partial charge in [0.05, 0.1) is 6.61 Å². The average molecular weight is 237 g/mol. The minimum absolute atomic E-state index is 0.0161. The fourth-order valence-corrected chi connectivity index (χ4v) is 1.36. The van der Waals surface area contributed by atoms with E-state index in [0.717, 1.165) is 12.8 Å².